The van der Waals surface area contributed by atoms with Crippen LogP contribution in [0.5, 0.6) is 0 Å². The van der Waals surface area contributed by atoms with E-state index < -0.39 is 0 Å². The largest absolute Gasteiger partial charge is 0.351 e. The van der Waals surface area contributed by atoms with Crippen molar-refractivity contribution in [3.63, 3.8) is 0 Å². The molecular weight excluding hydrogens is 334 g/mol. The van der Waals surface area contributed by atoms with Gasteiger partial charge < -0.3 is 5.32 Å². The van der Waals surface area contributed by atoms with Crippen LogP contribution in [0.3, 0.4) is 0 Å². The van der Waals surface area contributed by atoms with E-state index in [4.69, 9.17) is 0 Å². The highest BCUT2D eigenvalue weighted by Crippen LogP contribution is 2.45. The molecule has 2 aromatic carbocycles. The maximum absolute atomic E-state index is 12.4. The minimum atomic E-state index is 0.0164. The minimum Gasteiger partial charge on any atom is -0.351 e. The van der Waals surface area contributed by atoms with Gasteiger partial charge in [-0.15, -0.1) is 23.5 Å². The van der Waals surface area contributed by atoms with Crippen molar-refractivity contribution in [2.45, 2.75) is 23.8 Å². The molecule has 3 rings (SSSR count). The summed E-state index contributed by atoms with van der Waals surface area (Å²) >= 11 is 3.97. The molecule has 24 heavy (non-hydrogen) atoms. The van der Waals surface area contributed by atoms with E-state index in [1.807, 2.05) is 41.7 Å². The lowest BCUT2D eigenvalue weighted by Gasteiger charge is -2.16. The Morgan fingerprint density at radius 2 is 1.75 bits per heavy atom. The van der Waals surface area contributed by atoms with Crippen molar-refractivity contribution in [1.29, 1.82) is 0 Å². The Kier molecular flexibility index (Phi) is 6.27. The van der Waals surface area contributed by atoms with Gasteiger partial charge in [0, 0.05) is 29.5 Å². The van der Waals surface area contributed by atoms with Crippen molar-refractivity contribution in [2.75, 3.05) is 18.1 Å². The number of hydrogen-bond donors (Lipinski definition) is 1. The Morgan fingerprint density at radius 3 is 2.38 bits per heavy atom. The summed E-state index contributed by atoms with van der Waals surface area (Å²) in [5, 5.41) is 3.09. The maximum atomic E-state index is 12.4. The first-order chi connectivity index (χ1) is 11.8. The molecule has 1 heterocycles. The van der Waals surface area contributed by atoms with E-state index in [0.29, 0.717) is 17.0 Å². The van der Waals surface area contributed by atoms with Gasteiger partial charge in [-0.25, -0.2) is 0 Å². The van der Waals surface area contributed by atoms with Crippen LogP contribution in [0.2, 0.25) is 0 Å². The van der Waals surface area contributed by atoms with E-state index in [-0.39, 0.29) is 5.91 Å². The van der Waals surface area contributed by atoms with E-state index in [2.05, 4.69) is 48.6 Å². The molecule has 2 nitrogen and oxygen atoms in total. The van der Waals surface area contributed by atoms with Gasteiger partial charge in [-0.1, -0.05) is 49.4 Å². The molecule has 1 aliphatic heterocycles. The zero-order chi connectivity index (χ0) is 16.8. The Balaban J connectivity index is 1.58. The summed E-state index contributed by atoms with van der Waals surface area (Å²) in [6.07, 6.45) is 1.01. The fraction of sp³-hybridized carbons (Fsp3) is 0.350. The molecule has 1 amide bonds. The number of benzene rings is 2. The molecule has 0 radical (unpaired) electrons. The smallest absolute Gasteiger partial charge is 0.251 e. The number of nitrogens with one attached hydrogen (secondary N) is 1. The number of amides is 1. The molecule has 0 aromatic heterocycles. The summed E-state index contributed by atoms with van der Waals surface area (Å²) in [5.74, 6) is 2.81. The standard InChI is InChI=1S/C20H23NOS2/c1-2-15(16-6-4-3-5-7-16)14-21-19(22)17-8-10-18(11-9-17)20-23-12-13-24-20/h3-11,15,20H,2,12-14H2,1H3,(H,21,22). The molecule has 126 valence electrons. The van der Waals surface area contributed by atoms with Gasteiger partial charge in [-0.2, -0.15) is 0 Å². The summed E-state index contributed by atoms with van der Waals surface area (Å²) < 4.78 is 0.532. The second-order valence-electron chi connectivity index (χ2n) is 5.92. The summed E-state index contributed by atoms with van der Waals surface area (Å²) in [4.78, 5) is 12.4. The lowest BCUT2D eigenvalue weighted by Crippen LogP contribution is -2.28. The van der Waals surface area contributed by atoms with Crippen LogP contribution < -0.4 is 5.32 Å². The normalized spacial score (nSPS) is 16.0. The highest BCUT2D eigenvalue weighted by Gasteiger charge is 2.18. The van der Waals surface area contributed by atoms with Gasteiger partial charge in [-0.3, -0.25) is 4.79 Å². The molecule has 2 aromatic rings. The van der Waals surface area contributed by atoms with E-state index in [9.17, 15) is 4.79 Å². The molecule has 1 saturated heterocycles. The zero-order valence-corrected chi connectivity index (χ0v) is 15.5. The van der Waals surface area contributed by atoms with E-state index in [1.54, 1.807) is 0 Å². The third-order valence-corrected chi connectivity index (χ3v) is 7.44. The molecule has 1 N–H and O–H groups in total. The molecule has 0 spiro atoms. The predicted octanol–water partition coefficient (Wildman–Crippen LogP) is 5.09. The van der Waals surface area contributed by atoms with Gasteiger partial charge in [0.05, 0.1) is 4.58 Å². The van der Waals surface area contributed by atoms with E-state index >= 15 is 0 Å². The molecule has 0 bridgehead atoms. The second-order valence-corrected chi connectivity index (χ2v) is 8.65. The van der Waals surface area contributed by atoms with Crippen molar-refractivity contribution in [3.05, 3.63) is 71.3 Å². The molecule has 1 atom stereocenters. The van der Waals surface area contributed by atoms with Gasteiger partial charge in [0.15, 0.2) is 0 Å². The van der Waals surface area contributed by atoms with Crippen LogP contribution in [0.15, 0.2) is 54.6 Å². The van der Waals surface area contributed by atoms with Crippen LogP contribution in [0.4, 0.5) is 0 Å². The first-order valence-electron chi connectivity index (χ1n) is 8.44. The third-order valence-electron chi connectivity index (χ3n) is 4.34. The van der Waals surface area contributed by atoms with Crippen LogP contribution in [0.1, 0.15) is 45.3 Å². The van der Waals surface area contributed by atoms with Crippen molar-refractivity contribution in [2.24, 2.45) is 0 Å². The molecule has 1 fully saturated rings. The molecule has 1 unspecified atom stereocenters. The van der Waals surface area contributed by atoms with Crippen LogP contribution in [-0.4, -0.2) is 24.0 Å². The zero-order valence-electron chi connectivity index (χ0n) is 13.9. The van der Waals surface area contributed by atoms with Crippen molar-refractivity contribution in [1.82, 2.24) is 5.32 Å². The van der Waals surface area contributed by atoms with Gasteiger partial charge in [0.1, 0.15) is 0 Å². The lowest BCUT2D eigenvalue weighted by molar-refractivity contribution is 0.0951. The average Bonchev–Trinajstić information content (AvgIpc) is 3.18. The summed E-state index contributed by atoms with van der Waals surface area (Å²) in [6.45, 7) is 2.84. The topological polar surface area (TPSA) is 29.1 Å². The van der Waals surface area contributed by atoms with E-state index in [1.165, 1.54) is 22.6 Å². The third kappa shape index (κ3) is 4.37. The van der Waals surface area contributed by atoms with Gasteiger partial charge in [0.25, 0.3) is 5.91 Å². The number of hydrogen-bond acceptors (Lipinski definition) is 3. The fourth-order valence-corrected chi connectivity index (χ4v) is 5.74. The summed E-state index contributed by atoms with van der Waals surface area (Å²) in [7, 11) is 0. The summed E-state index contributed by atoms with van der Waals surface area (Å²) in [5.41, 5.74) is 3.34. The molecule has 1 aliphatic rings. The van der Waals surface area contributed by atoms with Crippen LogP contribution >= 0.6 is 23.5 Å². The van der Waals surface area contributed by atoms with Crippen LogP contribution in [0.25, 0.3) is 0 Å². The second kappa shape index (κ2) is 8.63. The van der Waals surface area contributed by atoms with Gasteiger partial charge in [0.2, 0.25) is 0 Å². The van der Waals surface area contributed by atoms with Gasteiger partial charge >= 0.3 is 0 Å². The lowest BCUT2D eigenvalue weighted by atomic mass is 9.96. The molecular formula is C20H23NOS2. The van der Waals surface area contributed by atoms with E-state index in [0.717, 1.165) is 12.0 Å². The van der Waals surface area contributed by atoms with Crippen molar-refractivity contribution < 1.29 is 4.79 Å². The minimum absolute atomic E-state index is 0.0164. The first kappa shape index (κ1) is 17.4. The van der Waals surface area contributed by atoms with Crippen molar-refractivity contribution in [3.8, 4) is 0 Å². The Hall–Kier alpha value is -1.39. The number of carbonyl (C=O) groups excluding carboxylic acids is 1. The summed E-state index contributed by atoms with van der Waals surface area (Å²) in [6, 6.07) is 18.5. The number of rotatable bonds is 6. The highest BCUT2D eigenvalue weighted by molar-refractivity contribution is 8.19. The van der Waals surface area contributed by atoms with Gasteiger partial charge in [-0.05, 0) is 29.7 Å². The molecule has 0 saturated carbocycles. The molecule has 4 heteroatoms. The monoisotopic (exact) mass is 357 g/mol. The average molecular weight is 358 g/mol. The van der Waals surface area contributed by atoms with Crippen LogP contribution in [0, 0.1) is 0 Å². The predicted molar refractivity (Wildman–Crippen MR) is 106 cm³/mol. The Labute approximate surface area is 152 Å². The first-order valence-corrected chi connectivity index (χ1v) is 10.5. The number of thioether (sulfide) groups is 2. The molecule has 0 aliphatic carbocycles. The van der Waals surface area contributed by atoms with Crippen molar-refractivity contribution >= 4 is 29.4 Å². The highest BCUT2D eigenvalue weighted by atomic mass is 32.2. The quantitative estimate of drug-likeness (QED) is 0.781. The van der Waals surface area contributed by atoms with Crippen LogP contribution in [-0.2, 0) is 0 Å². The number of carbonyl (C=O) groups is 1. The Morgan fingerprint density at radius 1 is 1.08 bits per heavy atom. The Bertz CT molecular complexity index is 651. The maximum Gasteiger partial charge on any atom is 0.251 e. The SMILES string of the molecule is CCC(CNC(=O)c1ccc(C2SCCS2)cc1)c1ccccc1. The fourth-order valence-electron chi connectivity index (χ4n) is 2.88.